The lowest BCUT2D eigenvalue weighted by atomic mass is 9.92. The number of β-amino-alcohol motifs (C(OH)–C–C–N with tert-alkyl or cyclic N) is 1. The molecule has 1 aliphatic heterocycles. The van der Waals surface area contributed by atoms with Crippen molar-refractivity contribution in [2.45, 2.75) is 50.8 Å². The topological polar surface area (TPSA) is 72.8 Å². The third-order valence-electron chi connectivity index (χ3n) is 5.21. The van der Waals surface area contributed by atoms with Gasteiger partial charge < -0.3 is 20.4 Å². The number of likely N-dealkylation sites (tertiary alicyclic amines) is 1. The Morgan fingerprint density at radius 3 is 2.96 bits per heavy atom. The number of nitrogens with one attached hydrogen (secondary N) is 1. The quantitative estimate of drug-likeness (QED) is 0.729. The molecule has 23 heavy (non-hydrogen) atoms. The van der Waals surface area contributed by atoms with Crippen LogP contribution in [0.2, 0.25) is 0 Å². The van der Waals surface area contributed by atoms with E-state index in [2.05, 4.69) is 24.4 Å². The minimum Gasteiger partial charge on any atom is -0.394 e. The molecule has 1 aromatic carbocycles. The molecule has 0 saturated carbocycles. The van der Waals surface area contributed by atoms with Crippen LogP contribution in [-0.4, -0.2) is 46.4 Å². The second kappa shape index (κ2) is 6.89. The molecule has 5 heteroatoms. The van der Waals surface area contributed by atoms with Crippen LogP contribution in [0.4, 0.5) is 4.79 Å². The van der Waals surface area contributed by atoms with E-state index < -0.39 is 6.10 Å². The molecule has 0 radical (unpaired) electrons. The van der Waals surface area contributed by atoms with Gasteiger partial charge in [-0.2, -0.15) is 0 Å². The number of aliphatic hydroxyl groups is 2. The monoisotopic (exact) mass is 318 g/mol. The van der Waals surface area contributed by atoms with Gasteiger partial charge in [0.1, 0.15) is 0 Å². The lowest BCUT2D eigenvalue weighted by Crippen LogP contribution is -2.46. The Hall–Kier alpha value is -1.59. The summed E-state index contributed by atoms with van der Waals surface area (Å²) in [5.41, 5.74) is 2.51. The Balaban J connectivity index is 1.79. The highest BCUT2D eigenvalue weighted by Gasteiger charge is 2.36. The van der Waals surface area contributed by atoms with E-state index in [0.29, 0.717) is 18.9 Å². The number of urea groups is 1. The summed E-state index contributed by atoms with van der Waals surface area (Å²) in [5.74, 6) is 0.364. The Bertz CT molecular complexity index is 563. The number of rotatable bonds is 2. The van der Waals surface area contributed by atoms with E-state index in [1.807, 2.05) is 12.1 Å². The van der Waals surface area contributed by atoms with Gasteiger partial charge in [0.15, 0.2) is 0 Å². The molecule has 2 unspecified atom stereocenters. The fraction of sp³-hybridized carbons (Fsp3) is 0.611. The third-order valence-corrected chi connectivity index (χ3v) is 5.21. The minimum atomic E-state index is -0.545. The van der Waals surface area contributed by atoms with E-state index in [0.717, 1.165) is 19.3 Å². The molecule has 3 N–H and O–H groups in total. The van der Waals surface area contributed by atoms with Gasteiger partial charge in [0.05, 0.1) is 24.8 Å². The number of fused-ring (bicyclic) bond motifs is 1. The van der Waals surface area contributed by atoms with Crippen molar-refractivity contribution in [1.29, 1.82) is 0 Å². The summed E-state index contributed by atoms with van der Waals surface area (Å²) in [6.07, 6.45) is 3.16. The van der Waals surface area contributed by atoms with Gasteiger partial charge in [-0.25, -0.2) is 4.79 Å². The first-order valence-electron chi connectivity index (χ1n) is 8.54. The molecule has 1 aromatic rings. The summed E-state index contributed by atoms with van der Waals surface area (Å²) >= 11 is 0. The molecule has 0 aromatic heterocycles. The molecule has 1 heterocycles. The van der Waals surface area contributed by atoms with Crippen LogP contribution in [0.3, 0.4) is 0 Å². The van der Waals surface area contributed by atoms with Crippen molar-refractivity contribution < 1.29 is 15.0 Å². The number of hydrogen-bond donors (Lipinski definition) is 3. The second-order valence-electron chi connectivity index (χ2n) is 6.87. The van der Waals surface area contributed by atoms with Crippen LogP contribution in [0, 0.1) is 5.92 Å². The molecule has 126 valence electrons. The summed E-state index contributed by atoms with van der Waals surface area (Å²) in [6, 6.07) is 7.82. The van der Waals surface area contributed by atoms with E-state index in [1.54, 1.807) is 4.90 Å². The number of benzene rings is 1. The molecule has 5 nitrogen and oxygen atoms in total. The first-order chi connectivity index (χ1) is 11.1. The average molecular weight is 318 g/mol. The van der Waals surface area contributed by atoms with E-state index in [9.17, 15) is 15.0 Å². The maximum Gasteiger partial charge on any atom is 0.318 e. The lowest BCUT2D eigenvalue weighted by molar-refractivity contribution is 0.149. The fourth-order valence-electron chi connectivity index (χ4n) is 3.90. The van der Waals surface area contributed by atoms with Crippen molar-refractivity contribution in [2.75, 3.05) is 13.2 Å². The molecular weight excluding hydrogens is 292 g/mol. The van der Waals surface area contributed by atoms with Crippen molar-refractivity contribution in [3.8, 4) is 0 Å². The van der Waals surface area contributed by atoms with Crippen molar-refractivity contribution in [3.63, 3.8) is 0 Å². The normalized spacial score (nSPS) is 30.7. The van der Waals surface area contributed by atoms with Crippen molar-refractivity contribution in [1.82, 2.24) is 10.2 Å². The lowest BCUT2D eigenvalue weighted by Gasteiger charge is -2.30. The van der Waals surface area contributed by atoms with Crippen LogP contribution in [-0.2, 0) is 6.42 Å². The van der Waals surface area contributed by atoms with Crippen molar-refractivity contribution >= 4 is 6.03 Å². The van der Waals surface area contributed by atoms with E-state index >= 15 is 0 Å². The Morgan fingerprint density at radius 1 is 1.39 bits per heavy atom. The maximum absolute atomic E-state index is 12.7. The highest BCUT2D eigenvalue weighted by Crippen LogP contribution is 2.33. The molecule has 3 rings (SSSR count). The molecular formula is C18H26N2O3. The zero-order valence-corrected chi connectivity index (χ0v) is 13.6. The smallest absolute Gasteiger partial charge is 0.318 e. The van der Waals surface area contributed by atoms with Crippen molar-refractivity contribution in [2.24, 2.45) is 5.92 Å². The number of amides is 2. The van der Waals surface area contributed by atoms with Crippen LogP contribution < -0.4 is 5.32 Å². The molecule has 2 aliphatic rings. The minimum absolute atomic E-state index is 0.0155. The predicted octanol–water partition coefficient (Wildman–Crippen LogP) is 1.84. The summed E-state index contributed by atoms with van der Waals surface area (Å²) in [7, 11) is 0. The number of carbonyl (C=O) groups is 1. The molecule has 0 bridgehead atoms. The van der Waals surface area contributed by atoms with Crippen LogP contribution >= 0.6 is 0 Å². The van der Waals surface area contributed by atoms with E-state index in [1.165, 1.54) is 11.1 Å². The molecule has 4 atom stereocenters. The Labute approximate surface area is 137 Å². The maximum atomic E-state index is 12.7. The van der Waals surface area contributed by atoms with Gasteiger partial charge in [-0.15, -0.1) is 0 Å². The zero-order chi connectivity index (χ0) is 16.4. The predicted molar refractivity (Wildman–Crippen MR) is 88.0 cm³/mol. The third kappa shape index (κ3) is 3.35. The zero-order valence-electron chi connectivity index (χ0n) is 13.6. The summed E-state index contributed by atoms with van der Waals surface area (Å²) in [4.78, 5) is 14.3. The molecule has 1 fully saturated rings. The fourth-order valence-corrected chi connectivity index (χ4v) is 3.90. The van der Waals surface area contributed by atoms with E-state index in [4.69, 9.17) is 0 Å². The van der Waals surface area contributed by atoms with Gasteiger partial charge in [-0.3, -0.25) is 0 Å². The van der Waals surface area contributed by atoms with Crippen LogP contribution in [0.25, 0.3) is 0 Å². The van der Waals surface area contributed by atoms with Gasteiger partial charge in [-0.05, 0) is 42.7 Å². The highest BCUT2D eigenvalue weighted by molar-refractivity contribution is 5.75. The van der Waals surface area contributed by atoms with Crippen LogP contribution in [0.1, 0.15) is 43.4 Å². The van der Waals surface area contributed by atoms with Crippen LogP contribution in [0.15, 0.2) is 24.3 Å². The number of aryl methyl sites for hydroxylation is 1. The van der Waals surface area contributed by atoms with Crippen LogP contribution in [0.5, 0.6) is 0 Å². The second-order valence-corrected chi connectivity index (χ2v) is 6.87. The summed E-state index contributed by atoms with van der Waals surface area (Å²) in [5, 5.41) is 22.4. The SMILES string of the molecule is CC1CCCc2ccccc2C1NC(=O)N1C[C@@H](O)C[C@H]1CO. The van der Waals surface area contributed by atoms with Crippen molar-refractivity contribution in [3.05, 3.63) is 35.4 Å². The summed E-state index contributed by atoms with van der Waals surface area (Å²) in [6.45, 7) is 2.36. The number of aliphatic hydroxyl groups excluding tert-OH is 2. The Kier molecular flexibility index (Phi) is 4.87. The standard InChI is InChI=1S/C18H26N2O3/c1-12-5-4-7-13-6-2-3-8-16(13)17(12)19-18(23)20-10-15(22)9-14(20)11-21/h2-3,6,8,12,14-15,17,21-22H,4-5,7,9-11H2,1H3,(H,19,23)/t12?,14-,15-,17?/m0/s1. The molecule has 1 aliphatic carbocycles. The first-order valence-corrected chi connectivity index (χ1v) is 8.54. The molecule has 1 saturated heterocycles. The number of nitrogens with zero attached hydrogens (tertiary/aromatic N) is 1. The van der Waals surface area contributed by atoms with E-state index in [-0.39, 0.29) is 24.7 Å². The molecule has 0 spiro atoms. The van der Waals surface area contributed by atoms with Gasteiger partial charge >= 0.3 is 6.03 Å². The van der Waals surface area contributed by atoms with Gasteiger partial charge in [0.25, 0.3) is 0 Å². The average Bonchev–Trinajstić information content (AvgIpc) is 2.86. The largest absolute Gasteiger partial charge is 0.394 e. The number of hydrogen-bond acceptors (Lipinski definition) is 3. The highest BCUT2D eigenvalue weighted by atomic mass is 16.3. The molecule has 2 amide bonds. The Morgan fingerprint density at radius 2 is 2.17 bits per heavy atom. The number of carbonyl (C=O) groups excluding carboxylic acids is 1. The first kappa shape index (κ1) is 16.3. The van der Waals surface area contributed by atoms with Gasteiger partial charge in [-0.1, -0.05) is 31.2 Å². The summed E-state index contributed by atoms with van der Waals surface area (Å²) < 4.78 is 0. The van der Waals surface area contributed by atoms with Gasteiger partial charge in [0, 0.05) is 6.54 Å². The van der Waals surface area contributed by atoms with Gasteiger partial charge in [0.2, 0.25) is 0 Å².